The number of phenols is 1. The van der Waals surface area contributed by atoms with Crippen LogP contribution >= 0.6 is 11.8 Å². The van der Waals surface area contributed by atoms with Crippen LogP contribution in [-0.2, 0) is 5.75 Å². The van der Waals surface area contributed by atoms with E-state index in [0.717, 1.165) is 10.5 Å². The zero-order valence-corrected chi connectivity index (χ0v) is 10.3. The van der Waals surface area contributed by atoms with Crippen LogP contribution in [0, 0.1) is 10.1 Å². The fraction of sp³-hybridized carbons (Fsp3) is 0.0769. The summed E-state index contributed by atoms with van der Waals surface area (Å²) < 4.78 is 0. The molecule has 0 radical (unpaired) electrons. The van der Waals surface area contributed by atoms with Gasteiger partial charge in [-0.1, -0.05) is 24.3 Å². The van der Waals surface area contributed by atoms with E-state index in [0.29, 0.717) is 5.75 Å². The molecule has 0 spiro atoms. The predicted octanol–water partition coefficient (Wildman–Crippen LogP) is 3.59. The maximum absolute atomic E-state index is 10.5. The number of non-ortho nitro benzene ring substituents is 1. The Morgan fingerprint density at radius 3 is 2.39 bits per heavy atom. The van der Waals surface area contributed by atoms with Gasteiger partial charge in [-0.3, -0.25) is 10.1 Å². The molecule has 92 valence electrons. The molecule has 0 aliphatic heterocycles. The van der Waals surface area contributed by atoms with Gasteiger partial charge in [0.25, 0.3) is 5.69 Å². The third-order valence-electron chi connectivity index (χ3n) is 2.41. The normalized spacial score (nSPS) is 10.2. The second kappa shape index (κ2) is 5.55. The third-order valence-corrected chi connectivity index (χ3v) is 3.54. The molecule has 18 heavy (non-hydrogen) atoms. The number of phenolic OH excluding ortho intramolecular Hbond substituents is 1. The van der Waals surface area contributed by atoms with Crippen LogP contribution in [0.15, 0.2) is 53.4 Å². The van der Waals surface area contributed by atoms with Gasteiger partial charge in [0.15, 0.2) is 0 Å². The summed E-state index contributed by atoms with van der Waals surface area (Å²) in [6.45, 7) is 0. The third kappa shape index (κ3) is 3.01. The second-order valence-electron chi connectivity index (χ2n) is 3.68. The molecule has 0 saturated carbocycles. The summed E-state index contributed by atoms with van der Waals surface area (Å²) >= 11 is 1.49. The fourth-order valence-electron chi connectivity index (χ4n) is 1.45. The summed E-state index contributed by atoms with van der Waals surface area (Å²) in [6.07, 6.45) is 0. The van der Waals surface area contributed by atoms with E-state index in [1.807, 2.05) is 12.1 Å². The number of para-hydroxylation sites is 1. The van der Waals surface area contributed by atoms with Crippen LogP contribution in [0.25, 0.3) is 0 Å². The van der Waals surface area contributed by atoms with Crippen LogP contribution in [-0.4, -0.2) is 10.0 Å². The monoisotopic (exact) mass is 261 g/mol. The average molecular weight is 261 g/mol. The molecule has 0 bridgehead atoms. The number of aromatic hydroxyl groups is 1. The summed E-state index contributed by atoms with van der Waals surface area (Å²) in [4.78, 5) is 10.9. The minimum Gasteiger partial charge on any atom is -0.507 e. The number of nitro benzene ring substituents is 1. The molecule has 0 aromatic heterocycles. The molecule has 2 rings (SSSR count). The van der Waals surface area contributed by atoms with Gasteiger partial charge in [-0.15, -0.1) is 11.8 Å². The second-order valence-corrected chi connectivity index (χ2v) is 4.70. The maximum atomic E-state index is 10.5. The van der Waals surface area contributed by atoms with E-state index in [2.05, 4.69) is 0 Å². The van der Waals surface area contributed by atoms with Crippen LogP contribution in [0.3, 0.4) is 0 Å². The van der Waals surface area contributed by atoms with E-state index in [9.17, 15) is 15.2 Å². The van der Waals surface area contributed by atoms with Gasteiger partial charge in [-0.05, 0) is 17.7 Å². The SMILES string of the molecule is O=[N+]([O-])c1ccc(CSc2ccccc2O)cc1. The van der Waals surface area contributed by atoms with Crippen molar-refractivity contribution >= 4 is 17.4 Å². The molecule has 2 aromatic rings. The van der Waals surface area contributed by atoms with Crippen molar-refractivity contribution in [3.63, 3.8) is 0 Å². The van der Waals surface area contributed by atoms with E-state index in [4.69, 9.17) is 0 Å². The first-order valence-corrected chi connectivity index (χ1v) is 6.29. The van der Waals surface area contributed by atoms with Crippen molar-refractivity contribution in [2.75, 3.05) is 0 Å². The largest absolute Gasteiger partial charge is 0.507 e. The van der Waals surface area contributed by atoms with Crippen molar-refractivity contribution in [1.29, 1.82) is 0 Å². The van der Waals surface area contributed by atoms with Crippen LogP contribution in [0.1, 0.15) is 5.56 Å². The van der Waals surface area contributed by atoms with Gasteiger partial charge in [-0.25, -0.2) is 0 Å². The highest BCUT2D eigenvalue weighted by Gasteiger charge is 2.05. The lowest BCUT2D eigenvalue weighted by atomic mass is 10.2. The van der Waals surface area contributed by atoms with E-state index < -0.39 is 4.92 Å². The molecule has 0 heterocycles. The molecule has 0 amide bonds. The molecular formula is C13H11NO3S. The molecule has 0 fully saturated rings. The van der Waals surface area contributed by atoms with Gasteiger partial charge >= 0.3 is 0 Å². The number of thioether (sulfide) groups is 1. The Bertz CT molecular complexity index is 554. The van der Waals surface area contributed by atoms with Crippen LogP contribution in [0.2, 0.25) is 0 Å². The highest BCUT2D eigenvalue weighted by atomic mass is 32.2. The molecule has 0 aliphatic rings. The quantitative estimate of drug-likeness (QED) is 0.519. The number of hydrogen-bond acceptors (Lipinski definition) is 4. The van der Waals surface area contributed by atoms with Crippen LogP contribution in [0.4, 0.5) is 5.69 Å². The molecule has 1 N–H and O–H groups in total. The smallest absolute Gasteiger partial charge is 0.269 e. The Hall–Kier alpha value is -2.01. The zero-order chi connectivity index (χ0) is 13.0. The van der Waals surface area contributed by atoms with E-state index in [1.165, 1.54) is 23.9 Å². The molecule has 4 nitrogen and oxygen atoms in total. The van der Waals surface area contributed by atoms with Gasteiger partial charge in [-0.2, -0.15) is 0 Å². The summed E-state index contributed by atoms with van der Waals surface area (Å²) in [6, 6.07) is 13.5. The summed E-state index contributed by atoms with van der Waals surface area (Å²) in [7, 11) is 0. The highest BCUT2D eigenvalue weighted by Crippen LogP contribution is 2.30. The highest BCUT2D eigenvalue weighted by molar-refractivity contribution is 7.98. The summed E-state index contributed by atoms with van der Waals surface area (Å²) in [5.74, 6) is 0.916. The topological polar surface area (TPSA) is 63.4 Å². The lowest BCUT2D eigenvalue weighted by Gasteiger charge is -2.03. The Balaban J connectivity index is 2.02. The maximum Gasteiger partial charge on any atom is 0.269 e. The molecule has 0 aliphatic carbocycles. The Labute approximate surface area is 108 Å². The van der Waals surface area contributed by atoms with Gasteiger partial charge in [0.1, 0.15) is 5.75 Å². The van der Waals surface area contributed by atoms with Gasteiger partial charge in [0.2, 0.25) is 0 Å². The summed E-state index contributed by atoms with van der Waals surface area (Å²) in [5.41, 5.74) is 1.07. The Morgan fingerprint density at radius 2 is 1.78 bits per heavy atom. The first-order chi connectivity index (χ1) is 8.66. The lowest BCUT2D eigenvalue weighted by molar-refractivity contribution is -0.384. The number of nitrogens with zero attached hydrogens (tertiary/aromatic N) is 1. The Morgan fingerprint density at radius 1 is 1.11 bits per heavy atom. The van der Waals surface area contributed by atoms with Crippen LogP contribution < -0.4 is 0 Å². The lowest BCUT2D eigenvalue weighted by Crippen LogP contribution is -1.88. The zero-order valence-electron chi connectivity index (χ0n) is 9.45. The molecule has 0 unspecified atom stereocenters. The molecule has 2 aromatic carbocycles. The van der Waals surface area contributed by atoms with E-state index in [1.54, 1.807) is 24.3 Å². The molecule has 0 atom stereocenters. The van der Waals surface area contributed by atoms with Crippen molar-refractivity contribution in [1.82, 2.24) is 0 Å². The number of benzene rings is 2. The standard InChI is InChI=1S/C13H11NO3S/c15-12-3-1-2-4-13(12)18-9-10-5-7-11(8-6-10)14(16)17/h1-8,15H,9H2. The number of rotatable bonds is 4. The van der Waals surface area contributed by atoms with E-state index in [-0.39, 0.29) is 11.4 Å². The Kier molecular flexibility index (Phi) is 3.84. The van der Waals surface area contributed by atoms with Gasteiger partial charge in [0, 0.05) is 22.8 Å². The van der Waals surface area contributed by atoms with Crippen molar-refractivity contribution < 1.29 is 10.0 Å². The van der Waals surface area contributed by atoms with E-state index >= 15 is 0 Å². The first-order valence-electron chi connectivity index (χ1n) is 5.31. The molecule has 0 saturated heterocycles. The predicted molar refractivity (Wildman–Crippen MR) is 70.8 cm³/mol. The average Bonchev–Trinajstić information content (AvgIpc) is 2.38. The minimum atomic E-state index is -0.417. The first kappa shape index (κ1) is 12.4. The number of hydrogen-bond donors (Lipinski definition) is 1. The fourth-order valence-corrected chi connectivity index (χ4v) is 2.36. The molecular weight excluding hydrogens is 250 g/mol. The van der Waals surface area contributed by atoms with Crippen molar-refractivity contribution in [2.45, 2.75) is 10.6 Å². The summed E-state index contributed by atoms with van der Waals surface area (Å²) in [5, 5.41) is 20.1. The van der Waals surface area contributed by atoms with Crippen LogP contribution in [0.5, 0.6) is 5.75 Å². The van der Waals surface area contributed by atoms with Crippen molar-refractivity contribution in [3.8, 4) is 5.75 Å². The van der Waals surface area contributed by atoms with Crippen molar-refractivity contribution in [2.24, 2.45) is 0 Å². The van der Waals surface area contributed by atoms with Crippen molar-refractivity contribution in [3.05, 3.63) is 64.2 Å². The van der Waals surface area contributed by atoms with Gasteiger partial charge in [0.05, 0.1) is 4.92 Å². The number of nitro groups is 1. The molecule has 5 heteroatoms. The van der Waals surface area contributed by atoms with Gasteiger partial charge < -0.3 is 5.11 Å². The minimum absolute atomic E-state index is 0.0892.